The van der Waals surface area contributed by atoms with Crippen LogP contribution in [0.2, 0.25) is 0 Å². The van der Waals surface area contributed by atoms with Gasteiger partial charge < -0.3 is 14.1 Å². The summed E-state index contributed by atoms with van der Waals surface area (Å²) in [5, 5.41) is 0. The molecule has 3 heterocycles. The van der Waals surface area contributed by atoms with Crippen LogP contribution in [0, 0.1) is 0 Å². The van der Waals surface area contributed by atoms with Gasteiger partial charge in [-0.1, -0.05) is 0 Å². The highest BCUT2D eigenvalue weighted by molar-refractivity contribution is 9.10. The molecule has 2 aromatic heterocycles. The molecule has 0 saturated carbocycles. The predicted octanol–water partition coefficient (Wildman–Crippen LogP) is 3.13. The Labute approximate surface area is 136 Å². The van der Waals surface area contributed by atoms with Gasteiger partial charge in [-0.05, 0) is 40.2 Å². The summed E-state index contributed by atoms with van der Waals surface area (Å²) in [5.74, 6) is 1.21. The van der Waals surface area contributed by atoms with Crippen molar-refractivity contribution >= 4 is 27.9 Å². The summed E-state index contributed by atoms with van der Waals surface area (Å²) in [7, 11) is 0. The van der Waals surface area contributed by atoms with Crippen LogP contribution in [0.25, 0.3) is 6.08 Å². The molecule has 1 aliphatic heterocycles. The van der Waals surface area contributed by atoms with Crippen LogP contribution in [0.5, 0.6) is 5.88 Å². The summed E-state index contributed by atoms with van der Waals surface area (Å²) in [5.41, 5.74) is 0. The van der Waals surface area contributed by atoms with Gasteiger partial charge in [-0.15, -0.1) is 0 Å². The molecule has 0 bridgehead atoms. The molecular formula is C16H15BrN2O3. The van der Waals surface area contributed by atoms with Crippen molar-refractivity contribution in [3.8, 4) is 5.88 Å². The number of carbonyl (C=O) groups excluding carboxylic acids is 1. The van der Waals surface area contributed by atoms with Gasteiger partial charge in [-0.3, -0.25) is 4.79 Å². The molecule has 0 N–H and O–H groups in total. The van der Waals surface area contributed by atoms with Gasteiger partial charge in [0.15, 0.2) is 0 Å². The Hall–Kier alpha value is -2.08. The van der Waals surface area contributed by atoms with Gasteiger partial charge in [0, 0.05) is 35.8 Å². The summed E-state index contributed by atoms with van der Waals surface area (Å²) in [6.07, 6.45) is 7.26. The number of rotatable bonds is 4. The van der Waals surface area contributed by atoms with Crippen molar-refractivity contribution in [3.63, 3.8) is 0 Å². The van der Waals surface area contributed by atoms with Crippen LogP contribution in [0.1, 0.15) is 12.2 Å². The molecule has 3 rings (SSSR count). The summed E-state index contributed by atoms with van der Waals surface area (Å²) < 4.78 is 11.9. The van der Waals surface area contributed by atoms with E-state index in [2.05, 4.69) is 20.9 Å². The van der Waals surface area contributed by atoms with Gasteiger partial charge in [-0.25, -0.2) is 4.98 Å². The smallest absolute Gasteiger partial charge is 0.246 e. The Morgan fingerprint density at radius 1 is 1.45 bits per heavy atom. The third-order valence-electron chi connectivity index (χ3n) is 3.38. The summed E-state index contributed by atoms with van der Waals surface area (Å²) in [6, 6.07) is 7.28. The molecule has 0 aliphatic carbocycles. The fourth-order valence-corrected chi connectivity index (χ4v) is 2.51. The quantitative estimate of drug-likeness (QED) is 0.784. The van der Waals surface area contributed by atoms with Gasteiger partial charge in [0.25, 0.3) is 0 Å². The average Bonchev–Trinajstić information content (AvgIpc) is 3.19. The Morgan fingerprint density at radius 3 is 3.09 bits per heavy atom. The highest BCUT2D eigenvalue weighted by Gasteiger charge is 2.26. The molecule has 5 nitrogen and oxygen atoms in total. The van der Waals surface area contributed by atoms with Crippen molar-refractivity contribution < 1.29 is 13.9 Å². The molecule has 114 valence electrons. The lowest BCUT2D eigenvalue weighted by atomic mass is 10.3. The fourth-order valence-electron chi connectivity index (χ4n) is 2.27. The fraction of sp³-hybridized carbons (Fsp3) is 0.250. The van der Waals surface area contributed by atoms with E-state index in [1.54, 1.807) is 35.6 Å². The van der Waals surface area contributed by atoms with Crippen molar-refractivity contribution in [1.29, 1.82) is 0 Å². The molecule has 0 spiro atoms. The second-order valence-electron chi connectivity index (χ2n) is 4.98. The maximum Gasteiger partial charge on any atom is 0.246 e. The van der Waals surface area contributed by atoms with Crippen LogP contribution >= 0.6 is 15.9 Å². The zero-order valence-electron chi connectivity index (χ0n) is 11.8. The van der Waals surface area contributed by atoms with Gasteiger partial charge in [0.05, 0.1) is 12.8 Å². The molecule has 1 fully saturated rings. The number of amides is 1. The van der Waals surface area contributed by atoms with E-state index in [0.29, 0.717) is 24.7 Å². The summed E-state index contributed by atoms with van der Waals surface area (Å²) in [6.45, 7) is 1.25. The Balaban J connectivity index is 1.53. The highest BCUT2D eigenvalue weighted by atomic mass is 79.9. The zero-order valence-corrected chi connectivity index (χ0v) is 13.4. The van der Waals surface area contributed by atoms with Crippen LogP contribution in [-0.2, 0) is 4.79 Å². The highest BCUT2D eigenvalue weighted by Crippen LogP contribution is 2.18. The number of ether oxygens (including phenoxy) is 1. The number of hydrogen-bond acceptors (Lipinski definition) is 4. The van der Waals surface area contributed by atoms with Gasteiger partial charge in [0.1, 0.15) is 11.9 Å². The molecule has 1 saturated heterocycles. The maximum atomic E-state index is 12.1. The van der Waals surface area contributed by atoms with Crippen LogP contribution in [0.4, 0.5) is 0 Å². The summed E-state index contributed by atoms with van der Waals surface area (Å²) >= 11 is 3.33. The van der Waals surface area contributed by atoms with Crippen LogP contribution < -0.4 is 4.74 Å². The van der Waals surface area contributed by atoms with Gasteiger partial charge in [-0.2, -0.15) is 0 Å². The molecule has 1 atom stereocenters. The molecule has 1 amide bonds. The summed E-state index contributed by atoms with van der Waals surface area (Å²) in [4.78, 5) is 18.1. The zero-order chi connectivity index (χ0) is 15.4. The van der Waals surface area contributed by atoms with Crippen LogP contribution in [0.15, 0.2) is 51.7 Å². The molecule has 2 aromatic rings. The lowest BCUT2D eigenvalue weighted by molar-refractivity contribution is -0.125. The van der Waals surface area contributed by atoms with E-state index in [1.807, 2.05) is 12.1 Å². The second kappa shape index (κ2) is 6.79. The first kappa shape index (κ1) is 14.8. The molecule has 0 aromatic carbocycles. The van der Waals surface area contributed by atoms with Crippen molar-refractivity contribution in [1.82, 2.24) is 9.88 Å². The van der Waals surface area contributed by atoms with E-state index in [1.165, 1.54) is 6.08 Å². The Bertz CT molecular complexity index is 653. The molecule has 0 unspecified atom stereocenters. The normalized spacial score (nSPS) is 18.0. The lowest BCUT2D eigenvalue weighted by Crippen LogP contribution is -2.29. The Kier molecular flexibility index (Phi) is 4.58. The minimum Gasteiger partial charge on any atom is -0.472 e. The van der Waals surface area contributed by atoms with E-state index >= 15 is 0 Å². The van der Waals surface area contributed by atoms with Crippen molar-refractivity contribution in [3.05, 3.63) is 53.0 Å². The number of aromatic nitrogens is 1. The first-order valence-corrected chi connectivity index (χ1v) is 7.79. The minimum absolute atomic E-state index is 0.0189. The second-order valence-corrected chi connectivity index (χ2v) is 5.89. The van der Waals surface area contributed by atoms with E-state index in [-0.39, 0.29) is 12.0 Å². The lowest BCUT2D eigenvalue weighted by Gasteiger charge is -2.15. The van der Waals surface area contributed by atoms with Crippen molar-refractivity contribution in [2.45, 2.75) is 12.5 Å². The molecule has 0 radical (unpaired) electrons. The standard InChI is InChI=1S/C16H15BrN2O3/c17-12-3-5-15(18-10-12)22-14-7-8-19(11-14)16(20)6-4-13-2-1-9-21-13/h1-6,9-10,14H,7-8,11H2/b6-4+/t14-/m0/s1. The first-order valence-electron chi connectivity index (χ1n) is 6.99. The third kappa shape index (κ3) is 3.76. The van der Waals surface area contributed by atoms with Crippen LogP contribution in [-0.4, -0.2) is 35.0 Å². The number of halogens is 1. The predicted molar refractivity (Wildman–Crippen MR) is 85.3 cm³/mol. The number of pyridine rings is 1. The molecular weight excluding hydrogens is 348 g/mol. The van der Waals surface area contributed by atoms with E-state index < -0.39 is 0 Å². The van der Waals surface area contributed by atoms with E-state index in [9.17, 15) is 4.79 Å². The molecule has 22 heavy (non-hydrogen) atoms. The Morgan fingerprint density at radius 2 is 2.36 bits per heavy atom. The van der Waals surface area contributed by atoms with Crippen molar-refractivity contribution in [2.24, 2.45) is 0 Å². The molecule has 1 aliphatic rings. The minimum atomic E-state index is -0.0359. The number of furan rings is 1. The third-order valence-corrected chi connectivity index (χ3v) is 3.85. The van der Waals surface area contributed by atoms with E-state index in [0.717, 1.165) is 10.9 Å². The first-order chi connectivity index (χ1) is 10.7. The van der Waals surface area contributed by atoms with Crippen LogP contribution in [0.3, 0.4) is 0 Å². The maximum absolute atomic E-state index is 12.1. The van der Waals surface area contributed by atoms with Gasteiger partial charge >= 0.3 is 0 Å². The van der Waals surface area contributed by atoms with Crippen molar-refractivity contribution in [2.75, 3.05) is 13.1 Å². The monoisotopic (exact) mass is 362 g/mol. The number of likely N-dealkylation sites (tertiary alicyclic amines) is 1. The number of hydrogen-bond donors (Lipinski definition) is 0. The molecule has 6 heteroatoms. The largest absolute Gasteiger partial charge is 0.472 e. The number of carbonyl (C=O) groups is 1. The van der Waals surface area contributed by atoms with E-state index in [4.69, 9.17) is 9.15 Å². The van der Waals surface area contributed by atoms with Gasteiger partial charge in [0.2, 0.25) is 11.8 Å². The number of nitrogens with zero attached hydrogens (tertiary/aromatic N) is 2. The average molecular weight is 363 g/mol. The topological polar surface area (TPSA) is 55.6 Å². The SMILES string of the molecule is O=C(/C=C/c1ccco1)N1CC[C@H](Oc2ccc(Br)cn2)C1.